The maximum Gasteiger partial charge on any atom is 0.0314 e. The summed E-state index contributed by atoms with van der Waals surface area (Å²) in [6, 6.07) is 8.52. The van der Waals surface area contributed by atoms with E-state index in [1.807, 2.05) is 12.1 Å². The first-order chi connectivity index (χ1) is 8.70. The summed E-state index contributed by atoms with van der Waals surface area (Å²) in [7, 11) is 0. The first kappa shape index (κ1) is 13.4. The van der Waals surface area contributed by atoms with Crippen molar-refractivity contribution in [2.75, 3.05) is 25.4 Å². The second kappa shape index (κ2) is 5.75. The highest BCUT2D eigenvalue weighted by molar-refractivity contribution is 5.43. The van der Waals surface area contributed by atoms with Crippen molar-refractivity contribution in [3.05, 3.63) is 29.8 Å². The number of nitrogens with two attached hydrogens (primary N) is 1. The maximum absolute atomic E-state index is 5.78. The topological polar surface area (TPSA) is 29.3 Å². The Morgan fingerprint density at radius 2 is 1.61 bits per heavy atom. The summed E-state index contributed by atoms with van der Waals surface area (Å²) in [6.45, 7) is 8.21. The highest BCUT2D eigenvalue weighted by Crippen LogP contribution is 2.48. The van der Waals surface area contributed by atoms with Gasteiger partial charge in [0.2, 0.25) is 0 Å². The van der Waals surface area contributed by atoms with Gasteiger partial charge in [-0.2, -0.15) is 0 Å². The molecule has 0 spiro atoms. The van der Waals surface area contributed by atoms with Crippen LogP contribution in [0.15, 0.2) is 24.3 Å². The molecule has 2 heteroatoms. The molecule has 1 aliphatic rings. The van der Waals surface area contributed by atoms with E-state index in [0.717, 1.165) is 5.69 Å². The lowest BCUT2D eigenvalue weighted by molar-refractivity contribution is 0.250. The molecule has 0 amide bonds. The second-order valence-corrected chi connectivity index (χ2v) is 5.68. The van der Waals surface area contributed by atoms with Gasteiger partial charge in [-0.05, 0) is 56.5 Å². The van der Waals surface area contributed by atoms with E-state index in [1.54, 1.807) is 0 Å². The minimum atomic E-state index is 0.429. The van der Waals surface area contributed by atoms with Crippen molar-refractivity contribution in [1.82, 2.24) is 4.90 Å². The van der Waals surface area contributed by atoms with Crippen LogP contribution in [-0.4, -0.2) is 24.5 Å². The van der Waals surface area contributed by atoms with Gasteiger partial charge in [0.05, 0.1) is 0 Å². The Morgan fingerprint density at radius 1 is 1.06 bits per heavy atom. The molecule has 1 saturated carbocycles. The van der Waals surface area contributed by atoms with E-state index in [9.17, 15) is 0 Å². The quantitative estimate of drug-likeness (QED) is 0.747. The molecule has 0 aliphatic heterocycles. The minimum absolute atomic E-state index is 0.429. The van der Waals surface area contributed by atoms with E-state index in [-0.39, 0.29) is 0 Å². The Kier molecular flexibility index (Phi) is 4.28. The van der Waals surface area contributed by atoms with E-state index < -0.39 is 0 Å². The van der Waals surface area contributed by atoms with Crippen LogP contribution in [0.4, 0.5) is 5.69 Å². The molecule has 1 aromatic rings. The summed E-state index contributed by atoms with van der Waals surface area (Å²) >= 11 is 0. The number of rotatable bonds is 7. The lowest BCUT2D eigenvalue weighted by Gasteiger charge is -2.27. The molecule has 0 bridgehead atoms. The Bertz CT molecular complexity index is 359. The summed E-state index contributed by atoms with van der Waals surface area (Å²) in [5.41, 5.74) is 8.55. The van der Waals surface area contributed by atoms with Gasteiger partial charge in [-0.15, -0.1) is 0 Å². The van der Waals surface area contributed by atoms with Crippen LogP contribution >= 0.6 is 0 Å². The van der Waals surface area contributed by atoms with E-state index in [1.165, 1.54) is 50.9 Å². The molecule has 2 N–H and O–H groups in total. The highest BCUT2D eigenvalue weighted by Gasteiger charge is 2.44. The zero-order chi connectivity index (χ0) is 13.0. The van der Waals surface area contributed by atoms with Crippen LogP contribution in [0.5, 0.6) is 0 Å². The SMILES string of the molecule is CCCN(CCC)CC1(c2ccc(N)cc2)CC1. The lowest BCUT2D eigenvalue weighted by Crippen LogP contribution is -2.33. The third kappa shape index (κ3) is 3.05. The summed E-state index contributed by atoms with van der Waals surface area (Å²) in [5, 5.41) is 0. The van der Waals surface area contributed by atoms with Crippen LogP contribution in [0.2, 0.25) is 0 Å². The smallest absolute Gasteiger partial charge is 0.0314 e. The number of benzene rings is 1. The summed E-state index contributed by atoms with van der Waals surface area (Å²) in [4.78, 5) is 2.63. The average Bonchev–Trinajstić information content (AvgIpc) is 3.11. The lowest BCUT2D eigenvalue weighted by atomic mass is 9.95. The van der Waals surface area contributed by atoms with Crippen LogP contribution in [-0.2, 0) is 5.41 Å². The van der Waals surface area contributed by atoms with E-state index in [2.05, 4.69) is 30.9 Å². The Balaban J connectivity index is 2.04. The molecular weight excluding hydrogens is 220 g/mol. The normalized spacial score (nSPS) is 17.1. The van der Waals surface area contributed by atoms with Gasteiger partial charge in [-0.3, -0.25) is 0 Å². The zero-order valence-electron chi connectivity index (χ0n) is 11.8. The standard InChI is InChI=1S/C16H26N2/c1-3-11-18(12-4-2)13-16(9-10-16)14-5-7-15(17)8-6-14/h5-8H,3-4,9-13,17H2,1-2H3. The van der Waals surface area contributed by atoms with Crippen molar-refractivity contribution >= 4 is 5.69 Å². The fourth-order valence-electron chi connectivity index (χ4n) is 2.86. The van der Waals surface area contributed by atoms with E-state index in [0.29, 0.717) is 5.41 Å². The number of hydrogen-bond acceptors (Lipinski definition) is 2. The van der Waals surface area contributed by atoms with E-state index in [4.69, 9.17) is 5.73 Å². The third-order valence-electron chi connectivity index (χ3n) is 3.98. The third-order valence-corrected chi connectivity index (χ3v) is 3.98. The molecule has 1 aromatic carbocycles. The van der Waals surface area contributed by atoms with Crippen LogP contribution in [0.25, 0.3) is 0 Å². The predicted octanol–water partition coefficient (Wildman–Crippen LogP) is 3.42. The van der Waals surface area contributed by atoms with Gasteiger partial charge in [-0.1, -0.05) is 26.0 Å². The van der Waals surface area contributed by atoms with Crippen molar-refractivity contribution in [3.8, 4) is 0 Å². The van der Waals surface area contributed by atoms with Gasteiger partial charge in [0.15, 0.2) is 0 Å². The van der Waals surface area contributed by atoms with Crippen molar-refractivity contribution < 1.29 is 0 Å². The zero-order valence-corrected chi connectivity index (χ0v) is 11.8. The first-order valence-electron chi connectivity index (χ1n) is 7.28. The van der Waals surface area contributed by atoms with Gasteiger partial charge in [0, 0.05) is 17.6 Å². The van der Waals surface area contributed by atoms with Crippen LogP contribution < -0.4 is 5.73 Å². The average molecular weight is 246 g/mol. The molecule has 0 atom stereocenters. The summed E-state index contributed by atoms with van der Waals surface area (Å²) in [6.07, 6.45) is 5.16. The second-order valence-electron chi connectivity index (χ2n) is 5.68. The molecule has 0 radical (unpaired) electrons. The largest absolute Gasteiger partial charge is 0.399 e. The van der Waals surface area contributed by atoms with Crippen molar-refractivity contribution in [1.29, 1.82) is 0 Å². The minimum Gasteiger partial charge on any atom is -0.399 e. The molecule has 0 aromatic heterocycles. The van der Waals surface area contributed by atoms with Gasteiger partial charge in [0.25, 0.3) is 0 Å². The molecule has 18 heavy (non-hydrogen) atoms. The molecule has 100 valence electrons. The number of nitrogen functional groups attached to an aromatic ring is 1. The Morgan fingerprint density at radius 3 is 2.06 bits per heavy atom. The van der Waals surface area contributed by atoms with Gasteiger partial charge < -0.3 is 10.6 Å². The van der Waals surface area contributed by atoms with E-state index >= 15 is 0 Å². The molecule has 0 saturated heterocycles. The fraction of sp³-hybridized carbons (Fsp3) is 0.625. The van der Waals surface area contributed by atoms with Crippen molar-refractivity contribution in [2.45, 2.75) is 44.9 Å². The number of nitrogens with zero attached hydrogens (tertiary/aromatic N) is 1. The first-order valence-corrected chi connectivity index (χ1v) is 7.28. The van der Waals surface area contributed by atoms with Crippen LogP contribution in [0.1, 0.15) is 45.1 Å². The summed E-state index contributed by atoms with van der Waals surface area (Å²) in [5.74, 6) is 0. The predicted molar refractivity (Wildman–Crippen MR) is 78.8 cm³/mol. The molecule has 1 aliphatic carbocycles. The van der Waals surface area contributed by atoms with Gasteiger partial charge in [-0.25, -0.2) is 0 Å². The van der Waals surface area contributed by atoms with Gasteiger partial charge >= 0.3 is 0 Å². The van der Waals surface area contributed by atoms with Gasteiger partial charge in [0.1, 0.15) is 0 Å². The molecule has 2 rings (SSSR count). The monoisotopic (exact) mass is 246 g/mol. The molecule has 1 fully saturated rings. The Hall–Kier alpha value is -1.02. The van der Waals surface area contributed by atoms with Crippen molar-refractivity contribution in [3.63, 3.8) is 0 Å². The van der Waals surface area contributed by atoms with Crippen LogP contribution in [0.3, 0.4) is 0 Å². The molecule has 2 nitrogen and oxygen atoms in total. The Labute approximate surface area is 111 Å². The molecule has 0 unspecified atom stereocenters. The highest BCUT2D eigenvalue weighted by atomic mass is 15.1. The fourth-order valence-corrected chi connectivity index (χ4v) is 2.86. The van der Waals surface area contributed by atoms with Crippen molar-refractivity contribution in [2.24, 2.45) is 0 Å². The number of anilines is 1. The molecular formula is C16H26N2. The number of hydrogen-bond donors (Lipinski definition) is 1. The molecule has 0 heterocycles. The van der Waals surface area contributed by atoms with Crippen LogP contribution in [0, 0.1) is 0 Å². The summed E-state index contributed by atoms with van der Waals surface area (Å²) < 4.78 is 0. The maximum atomic E-state index is 5.78.